The van der Waals surface area contributed by atoms with Gasteiger partial charge in [0.05, 0.1) is 4.92 Å². The second-order valence-electron chi connectivity index (χ2n) is 4.93. The number of non-ortho nitro benzene ring substituents is 1. The lowest BCUT2D eigenvalue weighted by atomic mass is 10.1. The molecule has 0 aliphatic carbocycles. The molecule has 1 unspecified atom stereocenters. The van der Waals surface area contributed by atoms with Gasteiger partial charge < -0.3 is 9.84 Å². The van der Waals surface area contributed by atoms with Gasteiger partial charge in [0.15, 0.2) is 0 Å². The fourth-order valence-corrected chi connectivity index (χ4v) is 2.09. The zero-order valence-electron chi connectivity index (χ0n) is 12.3. The molecule has 0 amide bonds. The fourth-order valence-electron chi connectivity index (χ4n) is 2.09. The number of nitro groups is 1. The van der Waals surface area contributed by atoms with Crippen LogP contribution < -0.4 is 5.32 Å². The van der Waals surface area contributed by atoms with E-state index in [2.05, 4.69) is 15.5 Å². The standard InChI is InChI=1S/C14H18N4O3/c1-4-15-10(3)7-13-16-14(17-21-13)12-8-11(18(19)20)6-5-9(12)2/h5-6,8,10,15H,4,7H2,1-3H3. The SMILES string of the molecule is CCNC(C)Cc1nc(-c2cc([N+](=O)[O-])ccc2C)no1. The third-order valence-corrected chi connectivity index (χ3v) is 3.17. The van der Waals surface area contributed by atoms with Crippen molar-refractivity contribution < 1.29 is 9.45 Å². The van der Waals surface area contributed by atoms with Gasteiger partial charge in [-0.1, -0.05) is 18.1 Å². The smallest absolute Gasteiger partial charge is 0.270 e. The highest BCUT2D eigenvalue weighted by molar-refractivity contribution is 5.63. The largest absolute Gasteiger partial charge is 0.339 e. The molecular weight excluding hydrogens is 272 g/mol. The average molecular weight is 290 g/mol. The van der Waals surface area contributed by atoms with Crippen LogP contribution in [0.3, 0.4) is 0 Å². The van der Waals surface area contributed by atoms with Crippen LogP contribution in [0.15, 0.2) is 22.7 Å². The Balaban J connectivity index is 2.25. The average Bonchev–Trinajstić information content (AvgIpc) is 2.87. The quantitative estimate of drug-likeness (QED) is 0.649. The summed E-state index contributed by atoms with van der Waals surface area (Å²) in [5, 5.41) is 18.0. The summed E-state index contributed by atoms with van der Waals surface area (Å²) in [5.74, 6) is 0.902. The predicted molar refractivity (Wildman–Crippen MR) is 78.0 cm³/mol. The van der Waals surface area contributed by atoms with Crippen molar-refractivity contribution in [3.05, 3.63) is 39.8 Å². The summed E-state index contributed by atoms with van der Waals surface area (Å²) in [6.07, 6.45) is 0.620. The molecule has 1 aromatic carbocycles. The van der Waals surface area contributed by atoms with Crippen LogP contribution in [0.1, 0.15) is 25.3 Å². The second kappa shape index (κ2) is 6.45. The van der Waals surface area contributed by atoms with Gasteiger partial charge in [-0.3, -0.25) is 10.1 Å². The molecular formula is C14H18N4O3. The molecule has 0 aliphatic rings. The van der Waals surface area contributed by atoms with Crippen molar-refractivity contribution in [2.45, 2.75) is 33.2 Å². The third-order valence-electron chi connectivity index (χ3n) is 3.17. The number of hydrogen-bond acceptors (Lipinski definition) is 6. The lowest BCUT2D eigenvalue weighted by Crippen LogP contribution is -2.27. The van der Waals surface area contributed by atoms with Crippen LogP contribution in [0.4, 0.5) is 5.69 Å². The van der Waals surface area contributed by atoms with Crippen LogP contribution >= 0.6 is 0 Å². The number of nitrogens with one attached hydrogen (secondary N) is 1. The number of likely N-dealkylation sites (N-methyl/N-ethyl adjacent to an activating group) is 1. The first-order valence-corrected chi connectivity index (χ1v) is 6.82. The molecule has 1 atom stereocenters. The first-order valence-electron chi connectivity index (χ1n) is 6.82. The van der Waals surface area contributed by atoms with Crippen LogP contribution in [-0.4, -0.2) is 27.7 Å². The van der Waals surface area contributed by atoms with Crippen LogP contribution in [-0.2, 0) is 6.42 Å². The fraction of sp³-hybridized carbons (Fsp3) is 0.429. The van der Waals surface area contributed by atoms with E-state index < -0.39 is 4.92 Å². The van der Waals surface area contributed by atoms with Crippen molar-refractivity contribution in [3.63, 3.8) is 0 Å². The predicted octanol–water partition coefficient (Wildman–Crippen LogP) is 2.49. The topological polar surface area (TPSA) is 94.1 Å². The summed E-state index contributed by atoms with van der Waals surface area (Å²) in [5.41, 5.74) is 1.51. The second-order valence-corrected chi connectivity index (χ2v) is 4.93. The van der Waals surface area contributed by atoms with E-state index in [0.717, 1.165) is 12.1 Å². The summed E-state index contributed by atoms with van der Waals surface area (Å²) in [6, 6.07) is 4.85. The third kappa shape index (κ3) is 3.63. The molecule has 2 aromatic rings. The van der Waals surface area contributed by atoms with Crippen molar-refractivity contribution in [1.29, 1.82) is 0 Å². The van der Waals surface area contributed by atoms with Gasteiger partial charge in [-0.25, -0.2) is 0 Å². The molecule has 1 N–H and O–H groups in total. The lowest BCUT2D eigenvalue weighted by molar-refractivity contribution is -0.384. The van der Waals surface area contributed by atoms with Crippen LogP contribution in [0.2, 0.25) is 0 Å². The molecule has 1 heterocycles. The Labute approximate surface area is 122 Å². The summed E-state index contributed by atoms with van der Waals surface area (Å²) in [4.78, 5) is 14.7. The molecule has 1 aromatic heterocycles. The van der Waals surface area contributed by atoms with E-state index in [1.54, 1.807) is 6.07 Å². The Bertz CT molecular complexity index is 639. The molecule has 0 fully saturated rings. The maximum Gasteiger partial charge on any atom is 0.270 e. The summed E-state index contributed by atoms with van der Waals surface area (Å²) in [7, 11) is 0. The minimum absolute atomic E-state index is 0.0166. The van der Waals surface area contributed by atoms with E-state index in [-0.39, 0.29) is 11.7 Å². The number of nitrogens with zero attached hydrogens (tertiary/aromatic N) is 3. The minimum Gasteiger partial charge on any atom is -0.339 e. The van der Waals surface area contributed by atoms with Crippen molar-refractivity contribution in [2.24, 2.45) is 0 Å². The maximum absolute atomic E-state index is 10.9. The van der Waals surface area contributed by atoms with Gasteiger partial charge in [0.25, 0.3) is 5.69 Å². The van der Waals surface area contributed by atoms with Gasteiger partial charge in [-0.2, -0.15) is 4.98 Å². The Morgan fingerprint density at radius 2 is 2.24 bits per heavy atom. The van der Waals surface area contributed by atoms with Gasteiger partial charge in [0.2, 0.25) is 11.7 Å². The molecule has 7 nitrogen and oxygen atoms in total. The molecule has 0 bridgehead atoms. The number of hydrogen-bond donors (Lipinski definition) is 1. The zero-order chi connectivity index (χ0) is 15.4. The normalized spacial score (nSPS) is 12.3. The van der Waals surface area contributed by atoms with Crippen LogP contribution in [0.25, 0.3) is 11.4 Å². The molecule has 0 saturated heterocycles. The molecule has 0 saturated carbocycles. The van der Waals surface area contributed by atoms with Crippen LogP contribution in [0.5, 0.6) is 0 Å². The maximum atomic E-state index is 10.9. The Kier molecular flexibility index (Phi) is 4.64. The van der Waals surface area contributed by atoms with Crippen LogP contribution in [0, 0.1) is 17.0 Å². The Hall–Kier alpha value is -2.28. The van der Waals surface area contributed by atoms with E-state index in [4.69, 9.17) is 4.52 Å². The highest BCUT2D eigenvalue weighted by Crippen LogP contribution is 2.25. The van der Waals surface area contributed by atoms with Crippen molar-refractivity contribution in [3.8, 4) is 11.4 Å². The van der Waals surface area contributed by atoms with Crippen molar-refractivity contribution >= 4 is 5.69 Å². The first kappa shape index (κ1) is 15.1. The van der Waals surface area contributed by atoms with Gasteiger partial charge in [0, 0.05) is 30.2 Å². The zero-order valence-corrected chi connectivity index (χ0v) is 12.3. The Morgan fingerprint density at radius 1 is 1.48 bits per heavy atom. The molecule has 2 rings (SSSR count). The van der Waals surface area contributed by atoms with Gasteiger partial charge in [-0.15, -0.1) is 0 Å². The van der Waals surface area contributed by atoms with E-state index >= 15 is 0 Å². The number of rotatable bonds is 6. The number of nitro benzene ring substituents is 1. The first-order chi connectivity index (χ1) is 10.0. The molecule has 0 spiro atoms. The van der Waals surface area contributed by atoms with E-state index in [9.17, 15) is 10.1 Å². The van der Waals surface area contributed by atoms with Crippen molar-refractivity contribution in [2.75, 3.05) is 6.54 Å². The summed E-state index contributed by atoms with van der Waals surface area (Å²) < 4.78 is 5.22. The number of benzene rings is 1. The molecule has 112 valence electrons. The highest BCUT2D eigenvalue weighted by Gasteiger charge is 2.16. The summed E-state index contributed by atoms with van der Waals surface area (Å²) >= 11 is 0. The van der Waals surface area contributed by atoms with E-state index in [0.29, 0.717) is 23.7 Å². The van der Waals surface area contributed by atoms with Gasteiger partial charge in [-0.05, 0) is 26.0 Å². The molecule has 0 aliphatic heterocycles. The number of aromatic nitrogens is 2. The van der Waals surface area contributed by atoms with E-state index in [1.807, 2.05) is 20.8 Å². The summed E-state index contributed by atoms with van der Waals surface area (Å²) in [6.45, 7) is 6.79. The molecule has 0 radical (unpaired) electrons. The minimum atomic E-state index is -0.433. The van der Waals surface area contributed by atoms with Gasteiger partial charge >= 0.3 is 0 Å². The van der Waals surface area contributed by atoms with E-state index in [1.165, 1.54) is 12.1 Å². The lowest BCUT2D eigenvalue weighted by Gasteiger charge is -2.07. The van der Waals surface area contributed by atoms with Gasteiger partial charge in [0.1, 0.15) is 0 Å². The monoisotopic (exact) mass is 290 g/mol. The molecule has 21 heavy (non-hydrogen) atoms. The number of aryl methyl sites for hydroxylation is 1. The van der Waals surface area contributed by atoms with Crippen molar-refractivity contribution in [1.82, 2.24) is 15.5 Å². The Morgan fingerprint density at radius 3 is 2.90 bits per heavy atom. The molecule has 7 heteroatoms. The highest BCUT2D eigenvalue weighted by atomic mass is 16.6.